The summed E-state index contributed by atoms with van der Waals surface area (Å²) in [5, 5.41) is 15.9. The number of anilines is 1. The Hall–Kier alpha value is -1.59. The van der Waals surface area contributed by atoms with Crippen molar-refractivity contribution in [1.29, 1.82) is 0 Å². The average molecular weight is 306 g/mol. The van der Waals surface area contributed by atoms with Crippen LogP contribution in [0.2, 0.25) is 0 Å². The lowest BCUT2D eigenvalue weighted by Gasteiger charge is -2.32. The number of amides is 2. The molecule has 1 aromatic carbocycles. The largest absolute Gasteiger partial charge is 0.388 e. The molecule has 0 saturated heterocycles. The molecule has 1 aromatic rings. The summed E-state index contributed by atoms with van der Waals surface area (Å²) in [6.45, 7) is 3.53. The van der Waals surface area contributed by atoms with Gasteiger partial charge in [0.25, 0.3) is 0 Å². The smallest absolute Gasteiger partial charge is 0.319 e. The molecule has 2 amide bonds. The maximum absolute atomic E-state index is 11.9. The van der Waals surface area contributed by atoms with E-state index in [4.69, 9.17) is 4.74 Å². The Morgan fingerprint density at radius 3 is 2.55 bits per heavy atom. The molecule has 1 aliphatic carbocycles. The molecule has 0 aromatic heterocycles. The lowest BCUT2D eigenvalue weighted by Crippen LogP contribution is -2.45. The topological polar surface area (TPSA) is 70.6 Å². The van der Waals surface area contributed by atoms with Crippen LogP contribution in [-0.4, -0.2) is 29.9 Å². The lowest BCUT2D eigenvalue weighted by molar-refractivity contribution is 0.00755. The van der Waals surface area contributed by atoms with E-state index in [1.165, 1.54) is 6.42 Å². The van der Waals surface area contributed by atoms with Crippen LogP contribution in [0.25, 0.3) is 0 Å². The zero-order valence-electron chi connectivity index (χ0n) is 13.2. The summed E-state index contributed by atoms with van der Waals surface area (Å²) in [7, 11) is 0. The standard InChI is InChI=1S/C17H26N2O3/c1-2-22-12-14-6-8-15(9-7-14)19-16(20)18-13-17(21)10-4-3-5-11-17/h6-9,21H,2-5,10-13H2,1H3,(H2,18,19,20). The number of rotatable bonds is 6. The molecule has 0 bridgehead atoms. The number of hydrogen-bond acceptors (Lipinski definition) is 3. The summed E-state index contributed by atoms with van der Waals surface area (Å²) in [4.78, 5) is 11.9. The Kier molecular flexibility index (Phi) is 6.21. The predicted molar refractivity (Wildman–Crippen MR) is 86.8 cm³/mol. The molecule has 0 unspecified atom stereocenters. The maximum Gasteiger partial charge on any atom is 0.319 e. The maximum atomic E-state index is 11.9. The molecule has 0 heterocycles. The molecule has 0 aliphatic heterocycles. The van der Waals surface area contributed by atoms with Gasteiger partial charge in [0.2, 0.25) is 0 Å². The minimum absolute atomic E-state index is 0.281. The van der Waals surface area contributed by atoms with Gasteiger partial charge in [-0.05, 0) is 37.5 Å². The molecule has 5 heteroatoms. The monoisotopic (exact) mass is 306 g/mol. The number of hydrogen-bond donors (Lipinski definition) is 3. The lowest BCUT2D eigenvalue weighted by atomic mass is 9.85. The number of urea groups is 1. The molecule has 0 spiro atoms. The van der Waals surface area contributed by atoms with E-state index in [0.717, 1.165) is 36.9 Å². The number of ether oxygens (including phenoxy) is 1. The molecule has 0 atom stereocenters. The summed E-state index contributed by atoms with van der Waals surface area (Å²) >= 11 is 0. The van der Waals surface area contributed by atoms with Gasteiger partial charge in [-0.2, -0.15) is 0 Å². The van der Waals surface area contributed by atoms with Gasteiger partial charge < -0.3 is 20.5 Å². The van der Waals surface area contributed by atoms with Crippen LogP contribution in [-0.2, 0) is 11.3 Å². The third kappa shape index (κ3) is 5.31. The van der Waals surface area contributed by atoms with Crippen molar-refractivity contribution in [3.8, 4) is 0 Å². The molecule has 122 valence electrons. The summed E-state index contributed by atoms with van der Waals surface area (Å²) in [5.74, 6) is 0. The number of carbonyl (C=O) groups is 1. The van der Waals surface area contributed by atoms with Crippen LogP contribution in [0.1, 0.15) is 44.6 Å². The van der Waals surface area contributed by atoms with Crippen LogP contribution in [0.4, 0.5) is 10.5 Å². The highest BCUT2D eigenvalue weighted by molar-refractivity contribution is 5.89. The highest BCUT2D eigenvalue weighted by Crippen LogP contribution is 2.27. The minimum atomic E-state index is -0.739. The van der Waals surface area contributed by atoms with Crippen LogP contribution < -0.4 is 10.6 Å². The second kappa shape index (κ2) is 8.15. The van der Waals surface area contributed by atoms with Crippen LogP contribution in [0, 0.1) is 0 Å². The molecule has 1 aliphatic rings. The first-order valence-corrected chi connectivity index (χ1v) is 8.05. The van der Waals surface area contributed by atoms with Gasteiger partial charge in [0.1, 0.15) is 0 Å². The van der Waals surface area contributed by atoms with E-state index >= 15 is 0 Å². The fourth-order valence-electron chi connectivity index (χ4n) is 2.71. The quantitative estimate of drug-likeness (QED) is 0.756. The van der Waals surface area contributed by atoms with E-state index < -0.39 is 5.60 Å². The van der Waals surface area contributed by atoms with Crippen LogP contribution >= 0.6 is 0 Å². The third-order valence-electron chi connectivity index (χ3n) is 4.05. The molecule has 0 radical (unpaired) electrons. The van der Waals surface area contributed by atoms with Gasteiger partial charge in [-0.15, -0.1) is 0 Å². The van der Waals surface area contributed by atoms with Crippen molar-refractivity contribution in [3.63, 3.8) is 0 Å². The van der Waals surface area contributed by atoms with Gasteiger partial charge in [-0.1, -0.05) is 31.4 Å². The summed E-state index contributed by atoms with van der Waals surface area (Å²) < 4.78 is 5.33. The van der Waals surface area contributed by atoms with Gasteiger partial charge in [-0.25, -0.2) is 4.79 Å². The molecule has 3 N–H and O–H groups in total. The van der Waals surface area contributed by atoms with Gasteiger partial charge in [0.15, 0.2) is 0 Å². The number of aliphatic hydroxyl groups is 1. The molecule has 2 rings (SSSR count). The predicted octanol–water partition coefficient (Wildman–Crippen LogP) is 3.04. The van der Waals surface area contributed by atoms with E-state index in [9.17, 15) is 9.90 Å². The van der Waals surface area contributed by atoms with Crippen molar-refractivity contribution in [3.05, 3.63) is 29.8 Å². The Bertz CT molecular complexity index is 467. The minimum Gasteiger partial charge on any atom is -0.388 e. The number of benzene rings is 1. The molecular weight excluding hydrogens is 280 g/mol. The Labute approximate surface area is 132 Å². The fraction of sp³-hybridized carbons (Fsp3) is 0.588. The Morgan fingerprint density at radius 2 is 1.91 bits per heavy atom. The van der Waals surface area contributed by atoms with Gasteiger partial charge in [0, 0.05) is 18.8 Å². The Morgan fingerprint density at radius 1 is 1.23 bits per heavy atom. The first-order valence-electron chi connectivity index (χ1n) is 8.05. The van der Waals surface area contributed by atoms with Gasteiger partial charge in [-0.3, -0.25) is 0 Å². The highest BCUT2D eigenvalue weighted by Gasteiger charge is 2.29. The van der Waals surface area contributed by atoms with Crippen molar-refractivity contribution in [2.45, 2.75) is 51.2 Å². The van der Waals surface area contributed by atoms with E-state index in [-0.39, 0.29) is 6.03 Å². The average Bonchev–Trinajstić information content (AvgIpc) is 2.53. The van der Waals surface area contributed by atoms with Crippen molar-refractivity contribution in [1.82, 2.24) is 5.32 Å². The molecule has 22 heavy (non-hydrogen) atoms. The fourth-order valence-corrected chi connectivity index (χ4v) is 2.71. The van der Waals surface area contributed by atoms with Gasteiger partial charge in [0.05, 0.1) is 12.2 Å². The van der Waals surface area contributed by atoms with Crippen LogP contribution in [0.15, 0.2) is 24.3 Å². The molecular formula is C17H26N2O3. The zero-order chi connectivity index (χ0) is 15.8. The Balaban J connectivity index is 1.76. The van der Waals surface area contributed by atoms with Crippen molar-refractivity contribution in [2.75, 3.05) is 18.5 Å². The first kappa shape index (κ1) is 16.8. The molecule has 1 fully saturated rings. The normalized spacial score (nSPS) is 17.0. The van der Waals surface area contributed by atoms with Crippen LogP contribution in [0.5, 0.6) is 0 Å². The second-order valence-corrected chi connectivity index (χ2v) is 5.93. The SMILES string of the molecule is CCOCc1ccc(NC(=O)NCC2(O)CCCCC2)cc1. The third-order valence-corrected chi connectivity index (χ3v) is 4.05. The van der Waals surface area contributed by atoms with Crippen molar-refractivity contribution >= 4 is 11.7 Å². The van der Waals surface area contributed by atoms with Crippen molar-refractivity contribution < 1.29 is 14.6 Å². The summed E-state index contributed by atoms with van der Waals surface area (Å²) in [6, 6.07) is 7.28. The zero-order valence-corrected chi connectivity index (χ0v) is 13.2. The van der Waals surface area contributed by atoms with Gasteiger partial charge >= 0.3 is 6.03 Å². The summed E-state index contributed by atoms with van der Waals surface area (Å²) in [5.41, 5.74) is 1.06. The number of carbonyl (C=O) groups excluding carboxylic acids is 1. The van der Waals surface area contributed by atoms with E-state index in [0.29, 0.717) is 19.8 Å². The molecule has 1 saturated carbocycles. The van der Waals surface area contributed by atoms with Crippen molar-refractivity contribution in [2.24, 2.45) is 0 Å². The second-order valence-electron chi connectivity index (χ2n) is 5.93. The van der Waals surface area contributed by atoms with E-state index in [1.807, 2.05) is 31.2 Å². The van der Waals surface area contributed by atoms with E-state index in [2.05, 4.69) is 10.6 Å². The highest BCUT2D eigenvalue weighted by atomic mass is 16.5. The first-order chi connectivity index (χ1) is 10.6. The summed E-state index contributed by atoms with van der Waals surface area (Å²) in [6.07, 6.45) is 4.75. The number of nitrogens with one attached hydrogen (secondary N) is 2. The van der Waals surface area contributed by atoms with Crippen LogP contribution in [0.3, 0.4) is 0 Å². The van der Waals surface area contributed by atoms with E-state index in [1.54, 1.807) is 0 Å². The molecule has 5 nitrogen and oxygen atoms in total.